The summed E-state index contributed by atoms with van der Waals surface area (Å²) < 4.78 is 5.35. The molecule has 19 heavy (non-hydrogen) atoms. The molecule has 0 atom stereocenters. The molecule has 1 aromatic rings. The molecule has 8 heteroatoms. The zero-order valence-corrected chi connectivity index (χ0v) is 11.9. The zero-order chi connectivity index (χ0) is 14.3. The van der Waals surface area contributed by atoms with Gasteiger partial charge in [-0.3, -0.25) is 21.0 Å². The van der Waals surface area contributed by atoms with Gasteiger partial charge in [-0.05, 0) is 43.0 Å². The van der Waals surface area contributed by atoms with Crippen LogP contribution in [0.5, 0.6) is 5.75 Å². The number of hydrogen-bond acceptors (Lipinski definition) is 4. The summed E-state index contributed by atoms with van der Waals surface area (Å²) in [5.74, 6) is 0.267. The van der Waals surface area contributed by atoms with Crippen LogP contribution >= 0.6 is 24.4 Å². The van der Waals surface area contributed by atoms with Crippen molar-refractivity contribution in [2.24, 2.45) is 5.73 Å². The van der Waals surface area contributed by atoms with Crippen molar-refractivity contribution in [2.75, 3.05) is 6.61 Å². The smallest absolute Gasteiger partial charge is 0.264 e. The molecule has 0 aliphatic rings. The van der Waals surface area contributed by atoms with Gasteiger partial charge in [0.05, 0.1) is 0 Å². The summed E-state index contributed by atoms with van der Waals surface area (Å²) in [7, 11) is 0. The summed E-state index contributed by atoms with van der Waals surface area (Å²) in [5, 5.41) is 2.49. The van der Waals surface area contributed by atoms with Gasteiger partial charge >= 0.3 is 0 Å². The highest BCUT2D eigenvalue weighted by Gasteiger charge is 2.06. The largest absolute Gasteiger partial charge is 0.483 e. The molecule has 1 rings (SSSR count). The van der Waals surface area contributed by atoms with Gasteiger partial charge in [0.15, 0.2) is 16.8 Å². The van der Waals surface area contributed by atoms with Crippen molar-refractivity contribution in [3.8, 4) is 5.75 Å². The number of para-hydroxylation sites is 1. The molecule has 0 unspecified atom stereocenters. The zero-order valence-electron chi connectivity index (χ0n) is 10.2. The van der Waals surface area contributed by atoms with E-state index in [1.165, 1.54) is 0 Å². The molecular formula is C11H14N4O2S2. The number of ether oxygens (including phenoxy) is 1. The average Bonchev–Trinajstić information content (AvgIpc) is 2.35. The second-order valence-electron chi connectivity index (χ2n) is 3.55. The topological polar surface area (TPSA) is 88.4 Å². The molecule has 0 spiro atoms. The number of rotatable bonds is 3. The molecule has 5 N–H and O–H groups in total. The molecule has 0 saturated carbocycles. The van der Waals surface area contributed by atoms with Crippen molar-refractivity contribution >= 4 is 40.6 Å². The minimum atomic E-state index is -0.384. The Morgan fingerprint density at radius 1 is 1.32 bits per heavy atom. The predicted octanol–water partition coefficient (Wildman–Crippen LogP) is 0.113. The molecule has 0 fully saturated rings. The summed E-state index contributed by atoms with van der Waals surface area (Å²) in [5.41, 5.74) is 11.0. The standard InChI is InChI=1S/C11H14N4O2S2/c1-7-4-2-3-5-8(7)17-6-9(16)13-11(19)15-14-10(12)18/h2-5H,6H2,1H3,(H3,12,14,18)(H2,13,15,16,19). The highest BCUT2D eigenvalue weighted by atomic mass is 32.1. The number of amides is 1. The van der Waals surface area contributed by atoms with Gasteiger partial charge in [-0.15, -0.1) is 0 Å². The van der Waals surface area contributed by atoms with Crippen LogP contribution in [0.3, 0.4) is 0 Å². The number of carbonyl (C=O) groups is 1. The summed E-state index contributed by atoms with van der Waals surface area (Å²) >= 11 is 9.39. The van der Waals surface area contributed by atoms with Crippen molar-refractivity contribution in [1.29, 1.82) is 0 Å². The van der Waals surface area contributed by atoms with Crippen molar-refractivity contribution in [3.63, 3.8) is 0 Å². The number of nitrogens with one attached hydrogen (secondary N) is 3. The van der Waals surface area contributed by atoms with Gasteiger partial charge in [0.2, 0.25) is 0 Å². The van der Waals surface area contributed by atoms with Crippen LogP contribution in [0.25, 0.3) is 0 Å². The maximum absolute atomic E-state index is 11.5. The van der Waals surface area contributed by atoms with E-state index in [0.717, 1.165) is 5.56 Å². The second-order valence-corrected chi connectivity index (χ2v) is 4.39. The van der Waals surface area contributed by atoms with Crippen LogP contribution in [0.4, 0.5) is 0 Å². The van der Waals surface area contributed by atoms with E-state index in [9.17, 15) is 4.79 Å². The fraction of sp³-hybridized carbons (Fsp3) is 0.182. The van der Waals surface area contributed by atoms with Crippen LogP contribution in [0.1, 0.15) is 5.56 Å². The SMILES string of the molecule is Cc1ccccc1OCC(=O)NC(=S)NNC(N)=S. The molecule has 0 heterocycles. The minimum absolute atomic E-state index is 0.0211. The third-order valence-corrected chi connectivity index (χ3v) is 2.31. The fourth-order valence-corrected chi connectivity index (χ4v) is 1.39. The normalized spacial score (nSPS) is 9.32. The van der Waals surface area contributed by atoms with Crippen molar-refractivity contribution in [1.82, 2.24) is 16.2 Å². The second kappa shape index (κ2) is 7.49. The summed E-state index contributed by atoms with van der Waals surface area (Å²) in [6, 6.07) is 7.40. The van der Waals surface area contributed by atoms with Gasteiger partial charge in [-0.2, -0.15) is 0 Å². The Morgan fingerprint density at radius 2 is 2.00 bits per heavy atom. The molecule has 0 saturated heterocycles. The van der Waals surface area contributed by atoms with Gasteiger partial charge < -0.3 is 10.5 Å². The van der Waals surface area contributed by atoms with Crippen molar-refractivity contribution in [2.45, 2.75) is 6.92 Å². The first-order valence-corrected chi connectivity index (χ1v) is 6.14. The van der Waals surface area contributed by atoms with Crippen LogP contribution in [0.2, 0.25) is 0 Å². The first kappa shape index (κ1) is 15.1. The molecule has 0 radical (unpaired) electrons. The molecule has 0 aromatic heterocycles. The molecule has 102 valence electrons. The van der Waals surface area contributed by atoms with Crippen LogP contribution in [0.15, 0.2) is 24.3 Å². The Labute approximate surface area is 121 Å². The number of carbonyl (C=O) groups excluding carboxylic acids is 1. The average molecular weight is 298 g/mol. The van der Waals surface area contributed by atoms with E-state index in [-0.39, 0.29) is 22.7 Å². The van der Waals surface area contributed by atoms with E-state index in [1.807, 2.05) is 25.1 Å². The summed E-state index contributed by atoms with van der Waals surface area (Å²) in [6.07, 6.45) is 0. The Hall–Kier alpha value is -1.93. The van der Waals surface area contributed by atoms with E-state index in [4.69, 9.17) is 22.7 Å². The molecule has 0 aliphatic carbocycles. The highest BCUT2D eigenvalue weighted by Crippen LogP contribution is 2.15. The van der Waals surface area contributed by atoms with Gasteiger partial charge in [-0.1, -0.05) is 18.2 Å². The number of hydrogen-bond donors (Lipinski definition) is 4. The number of nitrogens with two attached hydrogens (primary N) is 1. The van der Waals surface area contributed by atoms with E-state index in [1.54, 1.807) is 6.07 Å². The van der Waals surface area contributed by atoms with Crippen molar-refractivity contribution < 1.29 is 9.53 Å². The van der Waals surface area contributed by atoms with Gasteiger partial charge in [0, 0.05) is 0 Å². The van der Waals surface area contributed by atoms with Crippen LogP contribution in [-0.2, 0) is 4.79 Å². The van der Waals surface area contributed by atoms with Crippen LogP contribution in [-0.4, -0.2) is 22.7 Å². The van der Waals surface area contributed by atoms with E-state index < -0.39 is 0 Å². The first-order valence-electron chi connectivity index (χ1n) is 5.32. The minimum Gasteiger partial charge on any atom is -0.483 e. The number of aryl methyl sites for hydroxylation is 1. The van der Waals surface area contributed by atoms with Gasteiger partial charge in [0.1, 0.15) is 5.75 Å². The number of hydrazine groups is 1. The molecule has 0 aliphatic heterocycles. The van der Waals surface area contributed by atoms with Crippen molar-refractivity contribution in [3.05, 3.63) is 29.8 Å². The molecule has 6 nitrogen and oxygen atoms in total. The predicted molar refractivity (Wildman–Crippen MR) is 80.5 cm³/mol. The summed E-state index contributed by atoms with van der Waals surface area (Å²) in [4.78, 5) is 11.5. The molecule has 1 aromatic carbocycles. The molecular weight excluding hydrogens is 284 g/mol. The Balaban J connectivity index is 2.34. The van der Waals surface area contributed by atoms with Crippen LogP contribution in [0, 0.1) is 6.92 Å². The maximum atomic E-state index is 11.5. The number of benzene rings is 1. The van der Waals surface area contributed by atoms with E-state index in [0.29, 0.717) is 5.75 Å². The quantitative estimate of drug-likeness (QED) is 0.465. The fourth-order valence-electron chi connectivity index (χ4n) is 1.17. The van der Waals surface area contributed by atoms with Gasteiger partial charge in [0.25, 0.3) is 5.91 Å². The Kier molecular flexibility index (Phi) is 5.97. The lowest BCUT2D eigenvalue weighted by molar-refractivity contribution is -0.121. The van der Waals surface area contributed by atoms with E-state index >= 15 is 0 Å². The van der Waals surface area contributed by atoms with E-state index in [2.05, 4.69) is 28.4 Å². The monoisotopic (exact) mass is 298 g/mol. The molecule has 0 bridgehead atoms. The third kappa shape index (κ3) is 5.98. The van der Waals surface area contributed by atoms with Crippen LogP contribution < -0.4 is 26.6 Å². The highest BCUT2D eigenvalue weighted by molar-refractivity contribution is 7.80. The Morgan fingerprint density at radius 3 is 2.63 bits per heavy atom. The third-order valence-electron chi connectivity index (χ3n) is 2.00. The molecule has 1 amide bonds. The maximum Gasteiger partial charge on any atom is 0.264 e. The lowest BCUT2D eigenvalue weighted by Crippen LogP contribution is -2.50. The summed E-state index contributed by atoms with van der Waals surface area (Å²) in [6.45, 7) is 1.76. The first-order chi connectivity index (χ1) is 8.99. The number of thiocarbonyl (C=S) groups is 2. The lowest BCUT2D eigenvalue weighted by atomic mass is 10.2. The van der Waals surface area contributed by atoms with Gasteiger partial charge in [-0.25, -0.2) is 0 Å². The Bertz CT molecular complexity index is 493. The lowest BCUT2D eigenvalue weighted by Gasteiger charge is -2.11.